The maximum Gasteiger partial charge on any atom is 0.433 e. The molecule has 140 valence electrons. The van der Waals surface area contributed by atoms with Gasteiger partial charge in [0.1, 0.15) is 5.69 Å². The van der Waals surface area contributed by atoms with Gasteiger partial charge in [-0.2, -0.15) is 13.2 Å². The summed E-state index contributed by atoms with van der Waals surface area (Å²) in [7, 11) is 0. The lowest BCUT2D eigenvalue weighted by molar-refractivity contribution is -0.141. The van der Waals surface area contributed by atoms with E-state index in [1.807, 2.05) is 24.3 Å². The molecule has 0 unspecified atom stereocenters. The first-order chi connectivity index (χ1) is 12.9. The van der Waals surface area contributed by atoms with E-state index in [-0.39, 0.29) is 18.4 Å². The van der Waals surface area contributed by atoms with Crippen molar-refractivity contribution in [3.8, 4) is 0 Å². The van der Waals surface area contributed by atoms with Gasteiger partial charge in [-0.25, -0.2) is 24.3 Å². The lowest BCUT2D eigenvalue weighted by Gasteiger charge is -2.10. The van der Waals surface area contributed by atoms with E-state index in [2.05, 4.69) is 30.6 Å². The van der Waals surface area contributed by atoms with Crippen molar-refractivity contribution >= 4 is 11.9 Å². The normalized spacial score (nSPS) is 11.3. The van der Waals surface area contributed by atoms with E-state index >= 15 is 0 Å². The molecule has 0 spiro atoms. The second kappa shape index (κ2) is 7.94. The third kappa shape index (κ3) is 5.33. The highest BCUT2D eigenvalue weighted by molar-refractivity contribution is 5.32. The number of aromatic nitrogens is 4. The summed E-state index contributed by atoms with van der Waals surface area (Å²) in [4.78, 5) is 14.9. The quantitative estimate of drug-likeness (QED) is 0.638. The number of nitrogens with one attached hydrogen (secondary N) is 2. The lowest BCUT2D eigenvalue weighted by atomic mass is 10.1. The minimum Gasteiger partial charge on any atom is -0.350 e. The van der Waals surface area contributed by atoms with Crippen LogP contribution < -0.4 is 10.6 Å². The average Bonchev–Trinajstić information content (AvgIpc) is 2.66. The molecule has 10 heteroatoms. The molecule has 0 fully saturated rings. The van der Waals surface area contributed by atoms with Crippen LogP contribution in [0.1, 0.15) is 16.8 Å². The van der Waals surface area contributed by atoms with Gasteiger partial charge in [0.15, 0.2) is 5.82 Å². The Morgan fingerprint density at radius 3 is 2.11 bits per heavy atom. The maximum atomic E-state index is 12.8. The van der Waals surface area contributed by atoms with Crippen molar-refractivity contribution in [1.82, 2.24) is 19.9 Å². The summed E-state index contributed by atoms with van der Waals surface area (Å²) in [5.74, 6) is -0.337. The first-order valence-electron chi connectivity index (χ1n) is 7.83. The number of rotatable bonds is 6. The summed E-state index contributed by atoms with van der Waals surface area (Å²) < 4.78 is 50.8. The Morgan fingerprint density at radius 1 is 0.852 bits per heavy atom. The van der Waals surface area contributed by atoms with Crippen molar-refractivity contribution in [3.05, 3.63) is 71.6 Å². The second-order valence-electron chi connectivity index (χ2n) is 5.52. The van der Waals surface area contributed by atoms with E-state index in [0.29, 0.717) is 6.54 Å². The first kappa shape index (κ1) is 18.5. The van der Waals surface area contributed by atoms with E-state index in [1.165, 1.54) is 0 Å². The summed E-state index contributed by atoms with van der Waals surface area (Å²) in [6.45, 7) is 0.654. The number of nitrogens with zero attached hydrogens (tertiary/aromatic N) is 4. The van der Waals surface area contributed by atoms with Gasteiger partial charge in [0.05, 0.1) is 12.4 Å². The molecule has 0 amide bonds. The van der Waals surface area contributed by atoms with Crippen molar-refractivity contribution in [2.24, 2.45) is 0 Å². The van der Waals surface area contributed by atoms with Crippen molar-refractivity contribution < 1.29 is 17.6 Å². The van der Waals surface area contributed by atoms with Gasteiger partial charge in [0.2, 0.25) is 11.9 Å². The highest BCUT2D eigenvalue weighted by Crippen LogP contribution is 2.27. The van der Waals surface area contributed by atoms with Crippen LogP contribution in [0, 0.1) is 5.82 Å². The minimum absolute atomic E-state index is 0.104. The Bertz CT molecular complexity index is 898. The van der Waals surface area contributed by atoms with E-state index in [1.54, 1.807) is 0 Å². The van der Waals surface area contributed by atoms with Gasteiger partial charge in [-0.05, 0) is 17.2 Å². The summed E-state index contributed by atoms with van der Waals surface area (Å²) in [5, 5.41) is 5.73. The van der Waals surface area contributed by atoms with E-state index in [0.717, 1.165) is 35.8 Å². The number of alkyl halides is 3. The lowest BCUT2D eigenvalue weighted by Crippen LogP contribution is -2.11. The molecule has 2 N–H and O–H groups in total. The summed E-state index contributed by atoms with van der Waals surface area (Å²) in [6, 6.07) is 8.16. The number of anilines is 2. The molecule has 1 aromatic carbocycles. The molecule has 2 heterocycles. The predicted octanol–water partition coefficient (Wildman–Crippen LogP) is 3.65. The second-order valence-corrected chi connectivity index (χ2v) is 5.52. The van der Waals surface area contributed by atoms with Crippen LogP contribution in [0.4, 0.5) is 29.5 Å². The topological polar surface area (TPSA) is 75.6 Å². The first-order valence-corrected chi connectivity index (χ1v) is 7.83. The molecule has 6 nitrogen and oxygen atoms in total. The molecule has 0 aliphatic carbocycles. The summed E-state index contributed by atoms with van der Waals surface area (Å²) >= 11 is 0. The highest BCUT2D eigenvalue weighted by atomic mass is 19.4. The standard InChI is InChI=1S/C17H14F4N6/c18-13-9-25-15(26-10-13)23-7-11-2-1-3-12(6-11)8-24-16-22-5-4-14(27-16)17(19,20)21/h1-6,9-10H,7-8H2,(H,22,24,27)(H,23,25,26). The molecule has 3 aromatic rings. The molecule has 0 aliphatic rings. The van der Waals surface area contributed by atoms with Crippen LogP contribution >= 0.6 is 0 Å². The monoisotopic (exact) mass is 378 g/mol. The fraction of sp³-hybridized carbons (Fsp3) is 0.176. The van der Waals surface area contributed by atoms with Crippen LogP contribution in [-0.2, 0) is 19.3 Å². The molecule has 0 aliphatic heterocycles. The van der Waals surface area contributed by atoms with Crippen LogP contribution in [0.15, 0.2) is 48.9 Å². The molecule has 0 saturated carbocycles. The van der Waals surface area contributed by atoms with E-state index in [4.69, 9.17) is 0 Å². The predicted molar refractivity (Wildman–Crippen MR) is 90.1 cm³/mol. The zero-order chi connectivity index (χ0) is 19.3. The van der Waals surface area contributed by atoms with Crippen LogP contribution in [0.5, 0.6) is 0 Å². The molecule has 0 saturated heterocycles. The van der Waals surface area contributed by atoms with Gasteiger partial charge in [0, 0.05) is 19.3 Å². The molecule has 27 heavy (non-hydrogen) atoms. The summed E-state index contributed by atoms with van der Waals surface area (Å²) in [6.07, 6.45) is -1.34. The van der Waals surface area contributed by atoms with Gasteiger partial charge in [-0.1, -0.05) is 24.3 Å². The van der Waals surface area contributed by atoms with Crippen LogP contribution in [-0.4, -0.2) is 19.9 Å². The van der Waals surface area contributed by atoms with Gasteiger partial charge in [0.25, 0.3) is 0 Å². The van der Waals surface area contributed by atoms with Gasteiger partial charge >= 0.3 is 6.18 Å². The number of hydrogen-bond donors (Lipinski definition) is 2. The van der Waals surface area contributed by atoms with E-state index < -0.39 is 17.7 Å². The SMILES string of the molecule is Fc1cnc(NCc2cccc(CNc3nccc(C(F)(F)F)n3)c2)nc1. The minimum atomic E-state index is -4.52. The Kier molecular flexibility index (Phi) is 5.43. The maximum absolute atomic E-state index is 12.8. The Balaban J connectivity index is 1.60. The Hall–Kier alpha value is -3.30. The van der Waals surface area contributed by atoms with Crippen molar-refractivity contribution in [1.29, 1.82) is 0 Å². The van der Waals surface area contributed by atoms with Crippen LogP contribution in [0.25, 0.3) is 0 Å². The van der Waals surface area contributed by atoms with Gasteiger partial charge < -0.3 is 10.6 Å². The molecule has 3 rings (SSSR count). The summed E-state index contributed by atoms with van der Waals surface area (Å²) in [5.41, 5.74) is 0.722. The molecule has 0 radical (unpaired) electrons. The molecular formula is C17H14F4N6. The smallest absolute Gasteiger partial charge is 0.350 e. The third-order valence-electron chi connectivity index (χ3n) is 3.46. The molecule has 0 bridgehead atoms. The Morgan fingerprint density at radius 2 is 1.48 bits per heavy atom. The van der Waals surface area contributed by atoms with Crippen molar-refractivity contribution in [2.75, 3.05) is 10.6 Å². The van der Waals surface area contributed by atoms with Crippen LogP contribution in [0.3, 0.4) is 0 Å². The van der Waals surface area contributed by atoms with E-state index in [9.17, 15) is 17.6 Å². The van der Waals surface area contributed by atoms with Gasteiger partial charge in [-0.3, -0.25) is 0 Å². The average molecular weight is 378 g/mol. The number of benzene rings is 1. The molecule has 0 atom stereocenters. The fourth-order valence-corrected chi connectivity index (χ4v) is 2.22. The zero-order valence-electron chi connectivity index (χ0n) is 13.8. The molecular weight excluding hydrogens is 364 g/mol. The van der Waals surface area contributed by atoms with Crippen molar-refractivity contribution in [3.63, 3.8) is 0 Å². The Labute approximate surface area is 151 Å². The van der Waals surface area contributed by atoms with Crippen LogP contribution in [0.2, 0.25) is 0 Å². The number of hydrogen-bond acceptors (Lipinski definition) is 6. The molecule has 2 aromatic heterocycles. The van der Waals surface area contributed by atoms with Crippen molar-refractivity contribution in [2.45, 2.75) is 19.3 Å². The number of halogens is 4. The highest BCUT2D eigenvalue weighted by Gasteiger charge is 2.32. The largest absolute Gasteiger partial charge is 0.433 e. The zero-order valence-corrected chi connectivity index (χ0v) is 13.8. The third-order valence-corrected chi connectivity index (χ3v) is 3.46. The van der Waals surface area contributed by atoms with Gasteiger partial charge in [-0.15, -0.1) is 0 Å². The fourth-order valence-electron chi connectivity index (χ4n) is 2.22.